The maximum Gasteiger partial charge on any atom is 0.134 e. The van der Waals surface area contributed by atoms with Crippen molar-refractivity contribution in [3.05, 3.63) is 11.9 Å². The number of nitrogens with zero attached hydrogens (tertiary/aromatic N) is 3. The molecule has 0 aromatic carbocycles. The van der Waals surface area contributed by atoms with Crippen molar-refractivity contribution in [2.45, 2.75) is 52.5 Å². The van der Waals surface area contributed by atoms with Crippen molar-refractivity contribution < 1.29 is 0 Å². The van der Waals surface area contributed by atoms with Crippen molar-refractivity contribution in [1.29, 1.82) is 0 Å². The van der Waals surface area contributed by atoms with Crippen LogP contribution in [0.1, 0.15) is 45.9 Å². The fourth-order valence-corrected chi connectivity index (χ4v) is 2.76. The number of rotatable bonds is 4. The summed E-state index contributed by atoms with van der Waals surface area (Å²) < 4.78 is 0. The molecule has 0 saturated carbocycles. The van der Waals surface area contributed by atoms with Gasteiger partial charge in [0.05, 0.1) is 0 Å². The Morgan fingerprint density at radius 1 is 1.44 bits per heavy atom. The second-order valence-corrected chi connectivity index (χ2v) is 5.46. The molecule has 0 amide bonds. The highest BCUT2D eigenvalue weighted by molar-refractivity contribution is 5.48. The molecule has 100 valence electrons. The molecule has 4 nitrogen and oxygen atoms in total. The van der Waals surface area contributed by atoms with Crippen LogP contribution in [0, 0.1) is 5.92 Å². The molecule has 0 radical (unpaired) electrons. The number of aryl methyl sites for hydroxylation is 1. The van der Waals surface area contributed by atoms with E-state index in [0.717, 1.165) is 31.0 Å². The van der Waals surface area contributed by atoms with Gasteiger partial charge in [-0.25, -0.2) is 9.97 Å². The van der Waals surface area contributed by atoms with Gasteiger partial charge in [0, 0.05) is 25.1 Å². The highest BCUT2D eigenvalue weighted by Gasteiger charge is 2.28. The Balaban J connectivity index is 2.26. The number of anilines is 2. The van der Waals surface area contributed by atoms with Gasteiger partial charge in [0.2, 0.25) is 0 Å². The average molecular weight is 248 g/mol. The minimum absolute atomic E-state index is 0.591. The second-order valence-electron chi connectivity index (χ2n) is 5.46. The summed E-state index contributed by atoms with van der Waals surface area (Å²) in [6.07, 6.45) is 4.45. The third-order valence-electron chi connectivity index (χ3n) is 3.62. The minimum Gasteiger partial charge on any atom is -0.384 e. The van der Waals surface area contributed by atoms with E-state index in [4.69, 9.17) is 5.73 Å². The third kappa shape index (κ3) is 2.74. The van der Waals surface area contributed by atoms with Crippen molar-refractivity contribution in [2.24, 2.45) is 5.92 Å². The lowest BCUT2D eigenvalue weighted by molar-refractivity contribution is 0.489. The number of nitrogen functional groups attached to an aromatic ring is 1. The Morgan fingerprint density at radius 3 is 2.89 bits per heavy atom. The summed E-state index contributed by atoms with van der Waals surface area (Å²) >= 11 is 0. The van der Waals surface area contributed by atoms with Crippen LogP contribution in [0.4, 0.5) is 11.6 Å². The Hall–Kier alpha value is -1.32. The quantitative estimate of drug-likeness (QED) is 0.890. The standard InChI is InChI=1S/C14H24N4/c1-4-6-13-16-12(15)9-14(17-13)18-8-5-7-11(18)10(2)3/h9-11H,4-8H2,1-3H3,(H2,15,16,17). The van der Waals surface area contributed by atoms with Crippen LogP contribution in [0.3, 0.4) is 0 Å². The van der Waals surface area contributed by atoms with Crippen molar-refractivity contribution in [3.8, 4) is 0 Å². The van der Waals surface area contributed by atoms with E-state index in [9.17, 15) is 0 Å². The zero-order chi connectivity index (χ0) is 13.1. The monoisotopic (exact) mass is 248 g/mol. The molecule has 2 heterocycles. The number of aromatic nitrogens is 2. The Bertz CT molecular complexity index is 403. The van der Waals surface area contributed by atoms with Gasteiger partial charge in [0.25, 0.3) is 0 Å². The highest BCUT2D eigenvalue weighted by atomic mass is 15.2. The molecule has 0 aliphatic carbocycles. The zero-order valence-electron chi connectivity index (χ0n) is 11.7. The fourth-order valence-electron chi connectivity index (χ4n) is 2.76. The summed E-state index contributed by atoms with van der Waals surface area (Å²) in [5.41, 5.74) is 5.90. The predicted octanol–water partition coefficient (Wildman–Crippen LogP) is 2.64. The maximum absolute atomic E-state index is 5.90. The highest BCUT2D eigenvalue weighted by Crippen LogP contribution is 2.29. The van der Waals surface area contributed by atoms with Crippen LogP contribution >= 0.6 is 0 Å². The van der Waals surface area contributed by atoms with Gasteiger partial charge >= 0.3 is 0 Å². The van der Waals surface area contributed by atoms with Crippen LogP contribution in [-0.4, -0.2) is 22.6 Å². The SMILES string of the molecule is CCCc1nc(N)cc(N2CCCC2C(C)C)n1. The van der Waals surface area contributed by atoms with E-state index < -0.39 is 0 Å². The van der Waals surface area contributed by atoms with Crippen LogP contribution in [0.25, 0.3) is 0 Å². The molecule has 1 fully saturated rings. The molecule has 1 unspecified atom stereocenters. The van der Waals surface area contributed by atoms with E-state index in [0.29, 0.717) is 17.8 Å². The van der Waals surface area contributed by atoms with E-state index in [1.165, 1.54) is 12.8 Å². The van der Waals surface area contributed by atoms with Gasteiger partial charge in [-0.05, 0) is 25.2 Å². The lowest BCUT2D eigenvalue weighted by Gasteiger charge is -2.29. The van der Waals surface area contributed by atoms with E-state index in [2.05, 4.69) is 35.6 Å². The molecule has 1 aromatic heterocycles. The lowest BCUT2D eigenvalue weighted by atomic mass is 10.0. The molecule has 0 bridgehead atoms. The normalized spacial score (nSPS) is 19.8. The molecular formula is C14H24N4. The first-order valence-electron chi connectivity index (χ1n) is 7.02. The van der Waals surface area contributed by atoms with Crippen LogP contribution < -0.4 is 10.6 Å². The van der Waals surface area contributed by atoms with Gasteiger partial charge in [-0.3, -0.25) is 0 Å². The van der Waals surface area contributed by atoms with Gasteiger partial charge in [0.15, 0.2) is 0 Å². The van der Waals surface area contributed by atoms with Crippen LogP contribution in [-0.2, 0) is 6.42 Å². The van der Waals surface area contributed by atoms with Crippen LogP contribution in [0.5, 0.6) is 0 Å². The number of hydrogen-bond donors (Lipinski definition) is 1. The molecule has 1 atom stereocenters. The van der Waals surface area contributed by atoms with Crippen molar-refractivity contribution in [3.63, 3.8) is 0 Å². The summed E-state index contributed by atoms with van der Waals surface area (Å²) in [4.78, 5) is 11.4. The summed E-state index contributed by atoms with van der Waals surface area (Å²) in [5, 5.41) is 0. The molecule has 2 rings (SSSR count). The van der Waals surface area contributed by atoms with E-state index in [1.807, 2.05) is 6.07 Å². The van der Waals surface area contributed by atoms with Crippen LogP contribution in [0.15, 0.2) is 6.07 Å². The van der Waals surface area contributed by atoms with Crippen LogP contribution in [0.2, 0.25) is 0 Å². The van der Waals surface area contributed by atoms with Gasteiger partial charge in [-0.2, -0.15) is 0 Å². The van der Waals surface area contributed by atoms with Crippen molar-refractivity contribution >= 4 is 11.6 Å². The number of hydrogen-bond acceptors (Lipinski definition) is 4. The first-order chi connectivity index (χ1) is 8.61. The van der Waals surface area contributed by atoms with E-state index >= 15 is 0 Å². The molecule has 18 heavy (non-hydrogen) atoms. The lowest BCUT2D eigenvalue weighted by Crippen LogP contribution is -2.34. The number of nitrogens with two attached hydrogens (primary N) is 1. The second kappa shape index (κ2) is 5.55. The zero-order valence-corrected chi connectivity index (χ0v) is 11.7. The summed E-state index contributed by atoms with van der Waals surface area (Å²) in [5.74, 6) is 3.14. The Kier molecular flexibility index (Phi) is 4.04. The van der Waals surface area contributed by atoms with E-state index in [-0.39, 0.29) is 0 Å². The minimum atomic E-state index is 0.591. The Labute approximate surface area is 110 Å². The molecule has 0 spiro atoms. The molecule has 4 heteroatoms. The fraction of sp³-hybridized carbons (Fsp3) is 0.714. The average Bonchev–Trinajstić information content (AvgIpc) is 2.77. The molecular weight excluding hydrogens is 224 g/mol. The summed E-state index contributed by atoms with van der Waals surface area (Å²) in [7, 11) is 0. The largest absolute Gasteiger partial charge is 0.384 e. The Morgan fingerprint density at radius 2 is 2.22 bits per heavy atom. The first kappa shape index (κ1) is 13.1. The molecule has 1 saturated heterocycles. The molecule has 2 N–H and O–H groups in total. The van der Waals surface area contributed by atoms with Crippen molar-refractivity contribution in [2.75, 3.05) is 17.2 Å². The maximum atomic E-state index is 5.90. The van der Waals surface area contributed by atoms with E-state index in [1.54, 1.807) is 0 Å². The summed E-state index contributed by atoms with van der Waals surface area (Å²) in [6.45, 7) is 7.78. The van der Waals surface area contributed by atoms with Gasteiger partial charge in [0.1, 0.15) is 17.5 Å². The van der Waals surface area contributed by atoms with Gasteiger partial charge < -0.3 is 10.6 Å². The molecule has 1 aromatic rings. The predicted molar refractivity (Wildman–Crippen MR) is 75.6 cm³/mol. The summed E-state index contributed by atoms with van der Waals surface area (Å²) in [6, 6.07) is 2.51. The van der Waals surface area contributed by atoms with Gasteiger partial charge in [-0.15, -0.1) is 0 Å². The molecule has 1 aliphatic rings. The van der Waals surface area contributed by atoms with Gasteiger partial charge in [-0.1, -0.05) is 20.8 Å². The van der Waals surface area contributed by atoms with Crippen molar-refractivity contribution in [1.82, 2.24) is 9.97 Å². The molecule has 1 aliphatic heterocycles. The topological polar surface area (TPSA) is 55.0 Å². The first-order valence-corrected chi connectivity index (χ1v) is 7.02. The third-order valence-corrected chi connectivity index (χ3v) is 3.62. The smallest absolute Gasteiger partial charge is 0.134 e.